The van der Waals surface area contributed by atoms with Crippen molar-refractivity contribution in [3.63, 3.8) is 0 Å². The Morgan fingerprint density at radius 2 is 1.83 bits per heavy atom. The van der Waals surface area contributed by atoms with Gasteiger partial charge in [-0.3, -0.25) is 15.6 Å². The first-order valence-electron chi connectivity index (χ1n) is 6.53. The lowest BCUT2D eigenvalue weighted by Crippen LogP contribution is -2.45. The van der Waals surface area contributed by atoms with Gasteiger partial charge < -0.3 is 10.1 Å². The van der Waals surface area contributed by atoms with Gasteiger partial charge in [-0.2, -0.15) is 0 Å². The maximum absolute atomic E-state index is 11.7. The minimum atomic E-state index is -0.350. The topological polar surface area (TPSA) is 62.4 Å². The fourth-order valence-electron chi connectivity index (χ4n) is 1.58. The van der Waals surface area contributed by atoms with Gasteiger partial charge in [0, 0.05) is 10.2 Å². The van der Waals surface area contributed by atoms with Gasteiger partial charge in [-0.15, -0.1) is 0 Å². The van der Waals surface area contributed by atoms with Crippen molar-refractivity contribution in [3.8, 4) is 5.75 Å². The predicted molar refractivity (Wildman–Crippen MR) is 101 cm³/mol. The average Bonchev–Trinajstić information content (AvgIpc) is 2.53. The van der Waals surface area contributed by atoms with Crippen molar-refractivity contribution in [2.45, 2.75) is 0 Å². The van der Waals surface area contributed by atoms with Gasteiger partial charge in [-0.1, -0.05) is 34.1 Å². The maximum atomic E-state index is 11.7. The highest BCUT2D eigenvalue weighted by Crippen LogP contribution is 2.27. The second-order valence-electron chi connectivity index (χ2n) is 4.36. The molecule has 0 aliphatic carbocycles. The molecule has 0 unspecified atom stereocenters. The molecular weight excluding hydrogens is 446 g/mol. The zero-order valence-corrected chi connectivity index (χ0v) is 15.8. The van der Waals surface area contributed by atoms with Crippen LogP contribution in [0.4, 0.5) is 5.69 Å². The third-order valence-corrected chi connectivity index (χ3v) is 3.92. The van der Waals surface area contributed by atoms with Crippen LogP contribution in [0.15, 0.2) is 57.5 Å². The maximum Gasteiger partial charge on any atom is 0.276 e. The van der Waals surface area contributed by atoms with E-state index < -0.39 is 0 Å². The van der Waals surface area contributed by atoms with Crippen LogP contribution in [0, 0.1) is 0 Å². The minimum Gasteiger partial charge on any atom is -0.483 e. The first-order chi connectivity index (χ1) is 11.0. The summed E-state index contributed by atoms with van der Waals surface area (Å²) in [6.45, 7) is -0.138. The monoisotopic (exact) mass is 457 g/mol. The quantitative estimate of drug-likeness (QED) is 0.482. The van der Waals surface area contributed by atoms with Crippen molar-refractivity contribution in [1.29, 1.82) is 0 Å². The van der Waals surface area contributed by atoms with Crippen molar-refractivity contribution >= 4 is 60.8 Å². The average molecular weight is 459 g/mol. The third-order valence-electron chi connectivity index (χ3n) is 2.60. The normalized spacial score (nSPS) is 9.83. The largest absolute Gasteiger partial charge is 0.483 e. The fourth-order valence-corrected chi connectivity index (χ4v) is 2.91. The van der Waals surface area contributed by atoms with Gasteiger partial charge in [0.2, 0.25) is 0 Å². The number of rotatable bonds is 4. The van der Waals surface area contributed by atoms with Crippen molar-refractivity contribution < 1.29 is 9.53 Å². The van der Waals surface area contributed by atoms with Gasteiger partial charge in [0.25, 0.3) is 5.91 Å². The molecule has 0 atom stereocenters. The Labute approximate surface area is 156 Å². The van der Waals surface area contributed by atoms with Crippen molar-refractivity contribution in [3.05, 3.63) is 57.5 Å². The highest BCUT2D eigenvalue weighted by molar-refractivity contribution is 9.11. The molecule has 3 N–H and O–H groups in total. The van der Waals surface area contributed by atoms with E-state index in [1.165, 1.54) is 0 Å². The van der Waals surface area contributed by atoms with Crippen LogP contribution in [0.1, 0.15) is 0 Å². The predicted octanol–water partition coefficient (Wildman–Crippen LogP) is 3.61. The lowest BCUT2D eigenvalue weighted by Gasteiger charge is -2.12. The number of para-hydroxylation sites is 1. The van der Waals surface area contributed by atoms with Gasteiger partial charge >= 0.3 is 0 Å². The molecule has 0 saturated heterocycles. The van der Waals surface area contributed by atoms with Crippen LogP contribution >= 0.6 is 44.1 Å². The van der Waals surface area contributed by atoms with Gasteiger partial charge in [-0.05, 0) is 58.5 Å². The molecule has 0 spiro atoms. The number of nitrogens with one attached hydrogen (secondary N) is 3. The molecule has 23 heavy (non-hydrogen) atoms. The summed E-state index contributed by atoms with van der Waals surface area (Å²) in [5.41, 5.74) is 5.90. The SMILES string of the molecule is O=C(COc1ccc(Br)cc1Br)NNC(=S)Nc1ccccc1. The number of carbonyl (C=O) groups is 1. The molecule has 2 rings (SSSR count). The third kappa shape index (κ3) is 6.17. The molecular formula is C15H13Br2N3O2S. The van der Waals surface area contributed by atoms with Crippen LogP contribution in [0.5, 0.6) is 5.75 Å². The van der Waals surface area contributed by atoms with Gasteiger partial charge in [0.05, 0.1) is 4.47 Å². The van der Waals surface area contributed by atoms with E-state index in [2.05, 4.69) is 48.0 Å². The number of halogens is 2. The second-order valence-corrected chi connectivity index (χ2v) is 6.54. The number of anilines is 1. The van der Waals surface area contributed by atoms with E-state index in [0.717, 1.165) is 14.6 Å². The van der Waals surface area contributed by atoms with Gasteiger partial charge in [-0.25, -0.2) is 0 Å². The summed E-state index contributed by atoms with van der Waals surface area (Å²) in [4.78, 5) is 11.7. The number of hydrogen-bond acceptors (Lipinski definition) is 3. The van der Waals surface area contributed by atoms with E-state index in [1.54, 1.807) is 6.07 Å². The lowest BCUT2D eigenvalue weighted by atomic mass is 10.3. The molecule has 0 aromatic heterocycles. The lowest BCUT2D eigenvalue weighted by molar-refractivity contribution is -0.123. The van der Waals surface area contributed by atoms with Crippen molar-refractivity contribution in [1.82, 2.24) is 10.9 Å². The van der Waals surface area contributed by atoms with E-state index in [1.807, 2.05) is 42.5 Å². The van der Waals surface area contributed by atoms with Crippen LogP contribution in [-0.4, -0.2) is 17.6 Å². The first-order valence-corrected chi connectivity index (χ1v) is 8.53. The zero-order chi connectivity index (χ0) is 16.7. The number of carbonyl (C=O) groups excluding carboxylic acids is 1. The Bertz CT molecular complexity index is 698. The Hall–Kier alpha value is -1.64. The minimum absolute atomic E-state index is 0.138. The van der Waals surface area contributed by atoms with E-state index in [0.29, 0.717) is 5.75 Å². The van der Waals surface area contributed by atoms with Crippen LogP contribution in [0.2, 0.25) is 0 Å². The molecule has 0 aliphatic rings. The molecule has 5 nitrogen and oxygen atoms in total. The number of ether oxygens (including phenoxy) is 1. The fraction of sp³-hybridized carbons (Fsp3) is 0.0667. The van der Waals surface area contributed by atoms with Crippen molar-refractivity contribution in [2.75, 3.05) is 11.9 Å². The molecule has 2 aromatic carbocycles. The van der Waals surface area contributed by atoms with Crippen LogP contribution in [-0.2, 0) is 4.79 Å². The molecule has 2 aromatic rings. The highest BCUT2D eigenvalue weighted by Gasteiger charge is 2.06. The summed E-state index contributed by atoms with van der Waals surface area (Å²) in [7, 11) is 0. The second kappa shape index (κ2) is 8.85. The Kier molecular flexibility index (Phi) is 6.82. The number of thiocarbonyl (C=S) groups is 1. The van der Waals surface area contributed by atoms with Crippen LogP contribution < -0.4 is 20.9 Å². The van der Waals surface area contributed by atoms with E-state index >= 15 is 0 Å². The number of hydrazine groups is 1. The summed E-state index contributed by atoms with van der Waals surface area (Å²) in [5.74, 6) is 0.227. The molecule has 0 aliphatic heterocycles. The summed E-state index contributed by atoms with van der Waals surface area (Å²) in [6.07, 6.45) is 0. The molecule has 0 radical (unpaired) electrons. The van der Waals surface area contributed by atoms with Crippen molar-refractivity contribution in [2.24, 2.45) is 0 Å². The van der Waals surface area contributed by atoms with Crippen LogP contribution in [0.3, 0.4) is 0 Å². The number of benzene rings is 2. The molecule has 0 saturated carbocycles. The van der Waals surface area contributed by atoms with Gasteiger partial charge in [0.1, 0.15) is 5.75 Å². The van der Waals surface area contributed by atoms with E-state index in [-0.39, 0.29) is 17.6 Å². The molecule has 120 valence electrons. The van der Waals surface area contributed by atoms with Gasteiger partial charge in [0.15, 0.2) is 11.7 Å². The standard InChI is InChI=1S/C15H13Br2N3O2S/c16-10-6-7-13(12(17)8-10)22-9-14(21)19-20-15(23)18-11-4-2-1-3-5-11/h1-8H,9H2,(H,19,21)(H2,18,20,23). The molecule has 1 amide bonds. The summed E-state index contributed by atoms with van der Waals surface area (Å²) in [6, 6.07) is 14.8. The van der Waals surface area contributed by atoms with E-state index in [9.17, 15) is 4.79 Å². The molecule has 0 fully saturated rings. The Balaban J connectivity index is 1.73. The van der Waals surface area contributed by atoms with E-state index in [4.69, 9.17) is 17.0 Å². The first kappa shape index (κ1) is 17.7. The summed E-state index contributed by atoms with van der Waals surface area (Å²) < 4.78 is 7.10. The molecule has 8 heteroatoms. The molecule has 0 bridgehead atoms. The number of hydrogen-bond donors (Lipinski definition) is 3. The Morgan fingerprint density at radius 3 is 2.52 bits per heavy atom. The molecule has 0 heterocycles. The smallest absolute Gasteiger partial charge is 0.276 e. The highest BCUT2D eigenvalue weighted by atomic mass is 79.9. The summed E-state index contributed by atoms with van der Waals surface area (Å²) >= 11 is 11.8. The number of amides is 1. The Morgan fingerprint density at radius 1 is 1.09 bits per heavy atom. The van der Waals surface area contributed by atoms with Crippen LogP contribution in [0.25, 0.3) is 0 Å². The zero-order valence-electron chi connectivity index (χ0n) is 11.8. The summed E-state index contributed by atoms with van der Waals surface area (Å²) in [5, 5.41) is 3.22.